The highest BCUT2D eigenvalue weighted by Crippen LogP contribution is 2.30. The third-order valence-corrected chi connectivity index (χ3v) is 4.03. The fourth-order valence-electron chi connectivity index (χ4n) is 2.77. The Morgan fingerprint density at radius 1 is 1.08 bits per heavy atom. The molecule has 126 valence electrons. The van der Waals surface area contributed by atoms with Gasteiger partial charge in [0.2, 0.25) is 0 Å². The van der Waals surface area contributed by atoms with E-state index in [1.807, 2.05) is 35.8 Å². The number of hydrogen-bond acceptors (Lipinski definition) is 2. The Bertz CT molecular complexity index is 838. The van der Waals surface area contributed by atoms with Crippen molar-refractivity contribution in [3.63, 3.8) is 0 Å². The number of benzene rings is 2. The zero-order valence-corrected chi connectivity index (χ0v) is 13.1. The van der Waals surface area contributed by atoms with Gasteiger partial charge in [0.15, 0.2) is 0 Å². The topological polar surface area (TPSA) is 38.0 Å². The molecule has 6 heteroatoms. The Kier molecular flexibility index (Phi) is 4.32. The molecule has 2 aromatic carbocycles. The highest BCUT2D eigenvalue weighted by Gasteiger charge is 2.30. The number of nitrogens with zero attached hydrogens (tertiary/aromatic N) is 2. The number of aryl methyl sites for hydroxylation is 1. The lowest BCUT2D eigenvalue weighted by Crippen LogP contribution is -2.12. The van der Waals surface area contributed by atoms with Crippen molar-refractivity contribution in [1.29, 1.82) is 0 Å². The van der Waals surface area contributed by atoms with E-state index in [1.165, 1.54) is 12.1 Å². The van der Waals surface area contributed by atoms with Gasteiger partial charge < -0.3 is 9.67 Å². The Hall–Kier alpha value is -2.34. The molecule has 0 saturated heterocycles. The van der Waals surface area contributed by atoms with Crippen molar-refractivity contribution in [3.05, 3.63) is 65.5 Å². The van der Waals surface area contributed by atoms with Gasteiger partial charge in [0.25, 0.3) is 0 Å². The Morgan fingerprint density at radius 2 is 1.75 bits per heavy atom. The number of rotatable bonds is 4. The molecule has 0 aliphatic rings. The number of aliphatic hydroxyl groups is 1. The van der Waals surface area contributed by atoms with Crippen molar-refractivity contribution in [2.45, 2.75) is 32.2 Å². The van der Waals surface area contributed by atoms with Crippen LogP contribution >= 0.6 is 0 Å². The number of aromatic nitrogens is 2. The number of hydrogen-bond donors (Lipinski definition) is 1. The second-order valence-corrected chi connectivity index (χ2v) is 5.62. The molecule has 0 fully saturated rings. The van der Waals surface area contributed by atoms with Gasteiger partial charge in [-0.1, -0.05) is 31.2 Å². The fourth-order valence-corrected chi connectivity index (χ4v) is 2.77. The van der Waals surface area contributed by atoms with Gasteiger partial charge in [-0.25, -0.2) is 4.98 Å². The maximum Gasteiger partial charge on any atom is 0.416 e. The van der Waals surface area contributed by atoms with E-state index in [4.69, 9.17) is 0 Å². The van der Waals surface area contributed by atoms with E-state index in [0.29, 0.717) is 12.0 Å². The highest BCUT2D eigenvalue weighted by atomic mass is 19.4. The first kappa shape index (κ1) is 16.5. The molecular formula is C18H17F3N2O. The smallest absolute Gasteiger partial charge is 0.387 e. The van der Waals surface area contributed by atoms with Crippen molar-refractivity contribution in [2.75, 3.05) is 0 Å². The third-order valence-electron chi connectivity index (χ3n) is 4.03. The van der Waals surface area contributed by atoms with Gasteiger partial charge in [0.1, 0.15) is 5.82 Å². The van der Waals surface area contributed by atoms with E-state index in [1.54, 1.807) is 0 Å². The molecule has 0 aliphatic heterocycles. The summed E-state index contributed by atoms with van der Waals surface area (Å²) in [5, 5.41) is 10.4. The molecule has 1 aromatic heterocycles. The van der Waals surface area contributed by atoms with Crippen molar-refractivity contribution >= 4 is 11.0 Å². The van der Waals surface area contributed by atoms with Crippen molar-refractivity contribution in [3.8, 4) is 0 Å². The van der Waals surface area contributed by atoms with Crippen LogP contribution in [0.4, 0.5) is 13.2 Å². The summed E-state index contributed by atoms with van der Waals surface area (Å²) in [6, 6.07) is 12.2. The van der Waals surface area contributed by atoms with Crippen molar-refractivity contribution < 1.29 is 18.3 Å². The average molecular weight is 334 g/mol. The molecule has 1 N–H and O–H groups in total. The Balaban J connectivity index is 1.88. The predicted octanol–water partition coefficient (Wildman–Crippen LogP) is 4.35. The number of halogens is 3. The van der Waals surface area contributed by atoms with Crippen LogP contribution in [0, 0.1) is 0 Å². The summed E-state index contributed by atoms with van der Waals surface area (Å²) in [7, 11) is 0. The van der Waals surface area contributed by atoms with Crippen LogP contribution in [0.2, 0.25) is 0 Å². The number of aliphatic hydroxyl groups excluding tert-OH is 1. The summed E-state index contributed by atoms with van der Waals surface area (Å²) in [6.07, 6.45) is -4.58. The summed E-state index contributed by atoms with van der Waals surface area (Å²) in [6.45, 7) is 2.22. The molecule has 24 heavy (non-hydrogen) atoms. The third kappa shape index (κ3) is 3.14. The summed E-state index contributed by atoms with van der Waals surface area (Å²) >= 11 is 0. The maximum absolute atomic E-state index is 12.6. The summed E-state index contributed by atoms with van der Waals surface area (Å²) in [5.41, 5.74) is 1.47. The monoisotopic (exact) mass is 334 g/mol. The molecule has 3 rings (SSSR count). The van der Waals surface area contributed by atoms with Crippen LogP contribution < -0.4 is 0 Å². The molecule has 0 amide bonds. The SMILES string of the molecule is CCc1nc2ccccc2n1CC(O)c1ccc(C(F)(F)F)cc1. The molecule has 3 aromatic rings. The largest absolute Gasteiger partial charge is 0.416 e. The van der Waals surface area contributed by atoms with Crippen LogP contribution in [0.15, 0.2) is 48.5 Å². The second-order valence-electron chi connectivity index (χ2n) is 5.62. The van der Waals surface area contributed by atoms with E-state index in [9.17, 15) is 18.3 Å². The maximum atomic E-state index is 12.6. The molecule has 0 saturated carbocycles. The Morgan fingerprint density at radius 3 is 2.38 bits per heavy atom. The molecule has 0 aliphatic carbocycles. The van der Waals surface area contributed by atoms with E-state index in [2.05, 4.69) is 4.98 Å². The van der Waals surface area contributed by atoms with Gasteiger partial charge in [-0.05, 0) is 29.8 Å². The first-order valence-electron chi connectivity index (χ1n) is 7.69. The highest BCUT2D eigenvalue weighted by molar-refractivity contribution is 5.75. The molecule has 1 atom stereocenters. The van der Waals surface area contributed by atoms with Crippen LogP contribution in [0.3, 0.4) is 0 Å². The normalized spacial score (nSPS) is 13.4. The second kappa shape index (κ2) is 6.28. The molecule has 0 bridgehead atoms. The van der Waals surface area contributed by atoms with Gasteiger partial charge in [-0.3, -0.25) is 0 Å². The summed E-state index contributed by atoms with van der Waals surface area (Å²) < 4.78 is 39.8. The van der Waals surface area contributed by atoms with Crippen molar-refractivity contribution in [1.82, 2.24) is 9.55 Å². The minimum Gasteiger partial charge on any atom is -0.387 e. The quantitative estimate of drug-likeness (QED) is 0.770. The van der Waals surface area contributed by atoms with E-state index in [0.717, 1.165) is 29.0 Å². The van der Waals surface area contributed by atoms with Gasteiger partial charge in [-0.2, -0.15) is 13.2 Å². The lowest BCUT2D eigenvalue weighted by Gasteiger charge is -2.15. The zero-order valence-electron chi connectivity index (χ0n) is 13.1. The minimum atomic E-state index is -4.38. The van der Waals surface area contributed by atoms with Crippen molar-refractivity contribution in [2.24, 2.45) is 0 Å². The van der Waals surface area contributed by atoms with Crippen LogP contribution in [0.5, 0.6) is 0 Å². The van der Waals surface area contributed by atoms with Crippen LogP contribution in [0.25, 0.3) is 11.0 Å². The average Bonchev–Trinajstić information content (AvgIpc) is 2.92. The minimum absolute atomic E-state index is 0.245. The lowest BCUT2D eigenvalue weighted by molar-refractivity contribution is -0.137. The van der Waals surface area contributed by atoms with Gasteiger partial charge in [0.05, 0.1) is 29.2 Å². The number of imidazole rings is 1. The molecule has 1 unspecified atom stereocenters. The molecule has 0 spiro atoms. The lowest BCUT2D eigenvalue weighted by atomic mass is 10.1. The van der Waals surface area contributed by atoms with Gasteiger partial charge in [-0.15, -0.1) is 0 Å². The van der Waals surface area contributed by atoms with E-state index >= 15 is 0 Å². The fraction of sp³-hybridized carbons (Fsp3) is 0.278. The van der Waals surface area contributed by atoms with Crippen LogP contribution in [-0.2, 0) is 19.1 Å². The standard InChI is InChI=1S/C18H17F3N2O/c1-2-17-22-14-5-3-4-6-15(14)23(17)11-16(24)12-7-9-13(10-8-12)18(19,20)21/h3-10,16,24H,2,11H2,1H3. The number of para-hydroxylation sites is 2. The van der Waals surface area contributed by atoms with Crippen LogP contribution in [0.1, 0.15) is 30.0 Å². The predicted molar refractivity (Wildman–Crippen MR) is 85.5 cm³/mol. The summed E-state index contributed by atoms with van der Waals surface area (Å²) in [4.78, 5) is 4.53. The van der Waals surface area contributed by atoms with E-state index in [-0.39, 0.29) is 6.54 Å². The number of alkyl halides is 3. The zero-order chi connectivity index (χ0) is 17.3. The van der Waals surface area contributed by atoms with Crippen LogP contribution in [-0.4, -0.2) is 14.7 Å². The Labute approximate surface area is 137 Å². The number of fused-ring (bicyclic) bond motifs is 1. The van der Waals surface area contributed by atoms with Gasteiger partial charge >= 0.3 is 6.18 Å². The molecule has 3 nitrogen and oxygen atoms in total. The molecule has 1 heterocycles. The summed E-state index contributed by atoms with van der Waals surface area (Å²) in [5.74, 6) is 0.835. The first-order chi connectivity index (χ1) is 11.4. The van der Waals surface area contributed by atoms with Gasteiger partial charge in [0, 0.05) is 6.42 Å². The van der Waals surface area contributed by atoms with E-state index < -0.39 is 17.8 Å². The first-order valence-corrected chi connectivity index (χ1v) is 7.69. The molecular weight excluding hydrogens is 317 g/mol. The molecule has 0 radical (unpaired) electrons.